The number of nitrogens with one attached hydrogen (secondary N) is 1. The van der Waals surface area contributed by atoms with E-state index >= 15 is 0 Å². The lowest BCUT2D eigenvalue weighted by molar-refractivity contribution is -0.113. The molecule has 7 heteroatoms. The van der Waals surface area contributed by atoms with Crippen molar-refractivity contribution >= 4 is 34.0 Å². The Bertz CT molecular complexity index is 905. The Morgan fingerprint density at radius 1 is 1.32 bits per heavy atom. The molecule has 0 radical (unpaired) electrons. The molecule has 1 aliphatic rings. The Morgan fingerprint density at radius 2 is 2.12 bits per heavy atom. The standard InChI is InChI=1S/C18H16N4OS2/c1-11-6-7-12(8-19)17(21-11)24-10-16(23)22-18-14(9-20)13-4-2-3-5-15(13)25-18/h6-7H,2-5,10H2,1H3,(H,22,23). The largest absolute Gasteiger partial charge is 0.316 e. The molecule has 0 fully saturated rings. The second kappa shape index (κ2) is 7.69. The van der Waals surface area contributed by atoms with Crippen LogP contribution in [0.25, 0.3) is 0 Å². The lowest BCUT2D eigenvalue weighted by Gasteiger charge is -2.09. The van der Waals surface area contributed by atoms with Gasteiger partial charge in [-0.1, -0.05) is 11.8 Å². The molecule has 0 atom stereocenters. The molecule has 2 heterocycles. The summed E-state index contributed by atoms with van der Waals surface area (Å²) in [6.07, 6.45) is 4.13. The van der Waals surface area contributed by atoms with Crippen LogP contribution in [0.15, 0.2) is 17.2 Å². The first-order valence-electron chi connectivity index (χ1n) is 7.97. The molecule has 1 amide bonds. The van der Waals surface area contributed by atoms with Gasteiger partial charge in [0.15, 0.2) is 0 Å². The number of carbonyl (C=O) groups is 1. The van der Waals surface area contributed by atoms with Gasteiger partial charge in [0, 0.05) is 10.6 Å². The van der Waals surface area contributed by atoms with Gasteiger partial charge >= 0.3 is 0 Å². The fourth-order valence-electron chi connectivity index (χ4n) is 2.80. The third-order valence-corrected chi connectivity index (χ3v) is 6.19. The first-order chi connectivity index (χ1) is 12.1. The fraction of sp³-hybridized carbons (Fsp3) is 0.333. The van der Waals surface area contributed by atoms with Crippen LogP contribution in [-0.2, 0) is 17.6 Å². The summed E-state index contributed by atoms with van der Waals surface area (Å²) in [5, 5.41) is 22.6. The second-order valence-electron chi connectivity index (χ2n) is 5.78. The lowest BCUT2D eigenvalue weighted by atomic mass is 9.96. The van der Waals surface area contributed by atoms with Crippen molar-refractivity contribution in [3.05, 3.63) is 39.4 Å². The van der Waals surface area contributed by atoms with Crippen molar-refractivity contribution in [3.63, 3.8) is 0 Å². The van der Waals surface area contributed by atoms with Crippen LogP contribution >= 0.6 is 23.1 Å². The van der Waals surface area contributed by atoms with Gasteiger partial charge in [0.1, 0.15) is 22.2 Å². The number of thioether (sulfide) groups is 1. The summed E-state index contributed by atoms with van der Waals surface area (Å²) in [6, 6.07) is 7.82. The molecule has 0 aliphatic heterocycles. The minimum absolute atomic E-state index is 0.151. The van der Waals surface area contributed by atoms with Gasteiger partial charge in [-0.25, -0.2) is 4.98 Å². The van der Waals surface area contributed by atoms with Gasteiger partial charge in [-0.3, -0.25) is 4.79 Å². The average Bonchev–Trinajstić information content (AvgIpc) is 2.97. The Kier molecular flexibility index (Phi) is 5.37. The maximum Gasteiger partial charge on any atom is 0.235 e. The summed E-state index contributed by atoms with van der Waals surface area (Å²) >= 11 is 2.75. The van der Waals surface area contributed by atoms with Crippen molar-refractivity contribution < 1.29 is 4.79 Å². The SMILES string of the molecule is Cc1ccc(C#N)c(SCC(=O)Nc2sc3c(c2C#N)CCCC3)n1. The van der Waals surface area contributed by atoms with E-state index < -0.39 is 0 Å². The molecule has 1 aliphatic carbocycles. The molecular formula is C18H16N4OS2. The van der Waals surface area contributed by atoms with Gasteiger partial charge in [-0.2, -0.15) is 10.5 Å². The van der Waals surface area contributed by atoms with Crippen LogP contribution in [0.2, 0.25) is 0 Å². The number of hydrogen-bond donors (Lipinski definition) is 1. The Morgan fingerprint density at radius 3 is 2.88 bits per heavy atom. The number of thiophene rings is 1. The zero-order valence-corrected chi connectivity index (χ0v) is 15.4. The first-order valence-corrected chi connectivity index (χ1v) is 9.77. The molecule has 0 aromatic carbocycles. The summed E-state index contributed by atoms with van der Waals surface area (Å²) in [5.74, 6) is -0.0363. The summed E-state index contributed by atoms with van der Waals surface area (Å²) < 4.78 is 0. The summed E-state index contributed by atoms with van der Waals surface area (Å²) in [4.78, 5) is 17.8. The monoisotopic (exact) mass is 368 g/mol. The lowest BCUT2D eigenvalue weighted by Crippen LogP contribution is -2.14. The zero-order chi connectivity index (χ0) is 17.8. The zero-order valence-electron chi connectivity index (χ0n) is 13.8. The van der Waals surface area contributed by atoms with E-state index in [0.29, 0.717) is 21.2 Å². The van der Waals surface area contributed by atoms with E-state index in [1.165, 1.54) is 28.0 Å². The van der Waals surface area contributed by atoms with Crippen molar-refractivity contribution in [2.45, 2.75) is 37.6 Å². The van der Waals surface area contributed by atoms with Crippen LogP contribution in [0.5, 0.6) is 0 Å². The number of aromatic nitrogens is 1. The molecule has 25 heavy (non-hydrogen) atoms. The minimum Gasteiger partial charge on any atom is -0.316 e. The number of hydrogen-bond acceptors (Lipinski definition) is 6. The fourth-order valence-corrected chi connectivity index (χ4v) is 4.87. The third-order valence-electron chi connectivity index (χ3n) is 4.00. The molecule has 3 rings (SSSR count). The normalized spacial score (nSPS) is 12.8. The van der Waals surface area contributed by atoms with Gasteiger partial charge in [-0.05, 0) is 50.3 Å². The van der Waals surface area contributed by atoms with E-state index in [1.807, 2.05) is 6.92 Å². The predicted molar refractivity (Wildman–Crippen MR) is 98.7 cm³/mol. The van der Waals surface area contributed by atoms with Crippen LogP contribution in [0.4, 0.5) is 5.00 Å². The molecule has 0 spiro atoms. The van der Waals surface area contributed by atoms with E-state index in [0.717, 1.165) is 36.9 Å². The van der Waals surface area contributed by atoms with Crippen LogP contribution in [0, 0.1) is 29.6 Å². The van der Waals surface area contributed by atoms with Crippen molar-refractivity contribution in [3.8, 4) is 12.1 Å². The molecule has 0 bridgehead atoms. The number of pyridine rings is 1. The smallest absolute Gasteiger partial charge is 0.235 e. The molecule has 5 nitrogen and oxygen atoms in total. The number of rotatable bonds is 4. The first kappa shape index (κ1) is 17.5. The molecule has 126 valence electrons. The topological polar surface area (TPSA) is 89.6 Å². The van der Waals surface area contributed by atoms with E-state index in [-0.39, 0.29) is 11.7 Å². The third kappa shape index (κ3) is 3.84. The highest BCUT2D eigenvalue weighted by molar-refractivity contribution is 8.00. The average molecular weight is 368 g/mol. The molecular weight excluding hydrogens is 352 g/mol. The Labute approximate surface area is 154 Å². The quantitative estimate of drug-likeness (QED) is 0.829. The highest BCUT2D eigenvalue weighted by atomic mass is 32.2. The number of carbonyl (C=O) groups excluding carboxylic acids is 1. The molecule has 0 unspecified atom stereocenters. The molecule has 1 N–H and O–H groups in total. The van der Waals surface area contributed by atoms with Crippen LogP contribution in [0.3, 0.4) is 0 Å². The molecule has 2 aromatic heterocycles. The molecule has 0 saturated carbocycles. The number of nitrogens with zero attached hydrogens (tertiary/aromatic N) is 3. The van der Waals surface area contributed by atoms with E-state index in [2.05, 4.69) is 22.4 Å². The van der Waals surface area contributed by atoms with Crippen LogP contribution in [0.1, 0.15) is 40.1 Å². The summed E-state index contributed by atoms with van der Waals surface area (Å²) in [7, 11) is 0. The number of amides is 1. The molecule has 2 aromatic rings. The van der Waals surface area contributed by atoms with Gasteiger partial charge in [0.2, 0.25) is 5.91 Å². The molecule has 0 saturated heterocycles. The van der Waals surface area contributed by atoms with E-state index in [1.54, 1.807) is 12.1 Å². The van der Waals surface area contributed by atoms with Gasteiger partial charge in [-0.15, -0.1) is 11.3 Å². The van der Waals surface area contributed by atoms with E-state index in [9.17, 15) is 10.1 Å². The Balaban J connectivity index is 1.70. The van der Waals surface area contributed by atoms with Crippen LogP contribution < -0.4 is 5.32 Å². The van der Waals surface area contributed by atoms with E-state index in [4.69, 9.17) is 5.26 Å². The summed E-state index contributed by atoms with van der Waals surface area (Å²) in [5.41, 5.74) is 2.99. The minimum atomic E-state index is -0.188. The van der Waals surface area contributed by atoms with Crippen LogP contribution in [-0.4, -0.2) is 16.6 Å². The van der Waals surface area contributed by atoms with Crippen molar-refractivity contribution in [2.24, 2.45) is 0 Å². The van der Waals surface area contributed by atoms with Crippen molar-refractivity contribution in [1.82, 2.24) is 4.98 Å². The maximum absolute atomic E-state index is 12.3. The van der Waals surface area contributed by atoms with Gasteiger partial charge < -0.3 is 5.32 Å². The predicted octanol–water partition coefficient (Wildman–Crippen LogP) is 3.80. The summed E-state index contributed by atoms with van der Waals surface area (Å²) in [6.45, 7) is 1.85. The number of aryl methyl sites for hydroxylation is 2. The number of anilines is 1. The second-order valence-corrected chi connectivity index (χ2v) is 7.85. The van der Waals surface area contributed by atoms with Crippen molar-refractivity contribution in [2.75, 3.05) is 11.1 Å². The van der Waals surface area contributed by atoms with Gasteiger partial charge in [0.05, 0.1) is 16.9 Å². The van der Waals surface area contributed by atoms with Gasteiger partial charge in [0.25, 0.3) is 0 Å². The highest BCUT2D eigenvalue weighted by Crippen LogP contribution is 2.37. The highest BCUT2D eigenvalue weighted by Gasteiger charge is 2.21. The number of nitriles is 2. The van der Waals surface area contributed by atoms with Crippen molar-refractivity contribution in [1.29, 1.82) is 10.5 Å². The Hall–Kier alpha value is -2.35. The maximum atomic E-state index is 12.3. The number of fused-ring (bicyclic) bond motifs is 1.